The summed E-state index contributed by atoms with van der Waals surface area (Å²) < 4.78 is 5.24. The molecule has 1 unspecified atom stereocenters. The SMILES string of the molecule is CC(Cc1ccco1)NC(=O)CC1CNC1. The summed E-state index contributed by atoms with van der Waals surface area (Å²) in [5.41, 5.74) is 0. The summed E-state index contributed by atoms with van der Waals surface area (Å²) in [4.78, 5) is 11.6. The largest absolute Gasteiger partial charge is 0.469 e. The summed E-state index contributed by atoms with van der Waals surface area (Å²) in [7, 11) is 0. The molecule has 16 heavy (non-hydrogen) atoms. The molecule has 1 amide bonds. The van der Waals surface area contributed by atoms with E-state index in [9.17, 15) is 4.79 Å². The molecule has 0 radical (unpaired) electrons. The molecule has 1 aromatic heterocycles. The van der Waals surface area contributed by atoms with Gasteiger partial charge in [0.25, 0.3) is 0 Å². The highest BCUT2D eigenvalue weighted by Crippen LogP contribution is 2.09. The van der Waals surface area contributed by atoms with E-state index in [0.29, 0.717) is 12.3 Å². The molecule has 2 rings (SSSR count). The summed E-state index contributed by atoms with van der Waals surface area (Å²) in [6.07, 6.45) is 3.04. The average molecular weight is 222 g/mol. The van der Waals surface area contributed by atoms with Crippen LogP contribution in [0.1, 0.15) is 19.1 Å². The first-order valence-electron chi connectivity index (χ1n) is 5.76. The minimum atomic E-state index is 0.131. The molecule has 0 aliphatic carbocycles. The van der Waals surface area contributed by atoms with E-state index in [1.165, 1.54) is 0 Å². The van der Waals surface area contributed by atoms with Crippen LogP contribution in [0.25, 0.3) is 0 Å². The first-order chi connectivity index (χ1) is 7.74. The van der Waals surface area contributed by atoms with Crippen LogP contribution >= 0.6 is 0 Å². The lowest BCUT2D eigenvalue weighted by Crippen LogP contribution is -2.45. The standard InChI is InChI=1S/C12H18N2O2/c1-9(5-11-3-2-4-16-11)14-12(15)6-10-7-13-8-10/h2-4,9-10,13H,5-8H2,1H3,(H,14,15). The van der Waals surface area contributed by atoms with E-state index in [2.05, 4.69) is 10.6 Å². The van der Waals surface area contributed by atoms with Crippen LogP contribution in [-0.4, -0.2) is 25.0 Å². The van der Waals surface area contributed by atoms with Gasteiger partial charge >= 0.3 is 0 Å². The van der Waals surface area contributed by atoms with Crippen LogP contribution in [0, 0.1) is 5.92 Å². The van der Waals surface area contributed by atoms with Gasteiger partial charge in [-0.1, -0.05) is 0 Å². The minimum absolute atomic E-state index is 0.131. The Bertz CT molecular complexity index is 331. The average Bonchev–Trinajstić information content (AvgIpc) is 2.63. The van der Waals surface area contributed by atoms with Gasteiger partial charge in [0.05, 0.1) is 6.26 Å². The second kappa shape index (κ2) is 5.16. The molecule has 1 saturated heterocycles. The summed E-state index contributed by atoms with van der Waals surface area (Å²) in [6, 6.07) is 3.93. The number of carbonyl (C=O) groups is 1. The normalized spacial score (nSPS) is 17.8. The van der Waals surface area contributed by atoms with Crippen molar-refractivity contribution < 1.29 is 9.21 Å². The highest BCUT2D eigenvalue weighted by atomic mass is 16.3. The van der Waals surface area contributed by atoms with Crippen molar-refractivity contribution in [3.05, 3.63) is 24.2 Å². The van der Waals surface area contributed by atoms with Gasteiger partial charge in [0, 0.05) is 18.9 Å². The predicted octanol–water partition coefficient (Wildman–Crippen LogP) is 0.936. The number of nitrogens with one attached hydrogen (secondary N) is 2. The van der Waals surface area contributed by atoms with E-state index >= 15 is 0 Å². The summed E-state index contributed by atoms with van der Waals surface area (Å²) in [6.45, 7) is 3.94. The summed E-state index contributed by atoms with van der Waals surface area (Å²) in [5.74, 6) is 1.58. The van der Waals surface area contributed by atoms with Gasteiger partial charge in [0.2, 0.25) is 5.91 Å². The second-order valence-corrected chi connectivity index (χ2v) is 4.48. The van der Waals surface area contributed by atoms with Crippen LogP contribution in [0.4, 0.5) is 0 Å². The number of hydrogen-bond acceptors (Lipinski definition) is 3. The van der Waals surface area contributed by atoms with Crippen molar-refractivity contribution in [3.63, 3.8) is 0 Å². The molecule has 1 fully saturated rings. The van der Waals surface area contributed by atoms with E-state index in [1.54, 1.807) is 6.26 Å². The van der Waals surface area contributed by atoms with Crippen LogP contribution in [0.2, 0.25) is 0 Å². The molecule has 1 aromatic rings. The molecular weight excluding hydrogens is 204 g/mol. The lowest BCUT2D eigenvalue weighted by atomic mass is 9.99. The topological polar surface area (TPSA) is 54.3 Å². The Balaban J connectivity index is 1.69. The Morgan fingerprint density at radius 1 is 1.69 bits per heavy atom. The van der Waals surface area contributed by atoms with E-state index in [4.69, 9.17) is 4.42 Å². The van der Waals surface area contributed by atoms with Gasteiger partial charge in [-0.3, -0.25) is 4.79 Å². The van der Waals surface area contributed by atoms with Crippen molar-refractivity contribution in [2.24, 2.45) is 5.92 Å². The predicted molar refractivity (Wildman–Crippen MR) is 61.0 cm³/mol. The summed E-state index contributed by atoms with van der Waals surface area (Å²) >= 11 is 0. The molecule has 4 heteroatoms. The molecule has 0 bridgehead atoms. The van der Waals surface area contributed by atoms with Gasteiger partial charge in [-0.25, -0.2) is 0 Å². The minimum Gasteiger partial charge on any atom is -0.469 e. The Labute approximate surface area is 95.4 Å². The van der Waals surface area contributed by atoms with E-state index in [-0.39, 0.29) is 11.9 Å². The van der Waals surface area contributed by atoms with Crippen LogP contribution in [-0.2, 0) is 11.2 Å². The molecule has 88 valence electrons. The first-order valence-corrected chi connectivity index (χ1v) is 5.76. The Hall–Kier alpha value is -1.29. The van der Waals surface area contributed by atoms with Crippen molar-refractivity contribution >= 4 is 5.91 Å². The number of furan rings is 1. The Morgan fingerprint density at radius 2 is 2.50 bits per heavy atom. The van der Waals surface area contributed by atoms with Crippen molar-refractivity contribution in [3.8, 4) is 0 Å². The summed E-state index contributed by atoms with van der Waals surface area (Å²) in [5, 5.41) is 6.15. The molecule has 4 nitrogen and oxygen atoms in total. The number of amides is 1. The lowest BCUT2D eigenvalue weighted by Gasteiger charge is -2.26. The zero-order chi connectivity index (χ0) is 11.4. The molecule has 0 aromatic carbocycles. The van der Waals surface area contributed by atoms with Crippen LogP contribution in [0.5, 0.6) is 0 Å². The Morgan fingerprint density at radius 3 is 3.06 bits per heavy atom. The van der Waals surface area contributed by atoms with E-state index < -0.39 is 0 Å². The maximum absolute atomic E-state index is 11.6. The molecule has 1 aliphatic heterocycles. The van der Waals surface area contributed by atoms with Crippen molar-refractivity contribution in [1.29, 1.82) is 0 Å². The first kappa shape index (κ1) is 11.2. The monoisotopic (exact) mass is 222 g/mol. The van der Waals surface area contributed by atoms with Gasteiger partial charge in [-0.15, -0.1) is 0 Å². The van der Waals surface area contributed by atoms with Crippen molar-refractivity contribution in [2.45, 2.75) is 25.8 Å². The number of hydrogen-bond donors (Lipinski definition) is 2. The fourth-order valence-electron chi connectivity index (χ4n) is 1.87. The van der Waals surface area contributed by atoms with Gasteiger partial charge in [0.15, 0.2) is 0 Å². The Kier molecular flexibility index (Phi) is 3.62. The smallest absolute Gasteiger partial charge is 0.220 e. The molecule has 0 saturated carbocycles. The fourth-order valence-corrected chi connectivity index (χ4v) is 1.87. The van der Waals surface area contributed by atoms with Gasteiger partial charge in [-0.05, 0) is 38.1 Å². The van der Waals surface area contributed by atoms with Crippen molar-refractivity contribution in [2.75, 3.05) is 13.1 Å². The third kappa shape index (κ3) is 3.10. The highest BCUT2D eigenvalue weighted by molar-refractivity contribution is 5.76. The van der Waals surface area contributed by atoms with Crippen LogP contribution in [0.15, 0.2) is 22.8 Å². The van der Waals surface area contributed by atoms with Crippen molar-refractivity contribution in [1.82, 2.24) is 10.6 Å². The number of rotatable bonds is 5. The maximum atomic E-state index is 11.6. The van der Waals surface area contributed by atoms with Crippen LogP contribution < -0.4 is 10.6 Å². The van der Waals surface area contributed by atoms with Crippen LogP contribution in [0.3, 0.4) is 0 Å². The molecule has 2 heterocycles. The molecule has 0 spiro atoms. The zero-order valence-electron chi connectivity index (χ0n) is 9.53. The third-order valence-electron chi connectivity index (χ3n) is 2.83. The quantitative estimate of drug-likeness (QED) is 0.779. The van der Waals surface area contributed by atoms with Gasteiger partial charge in [-0.2, -0.15) is 0 Å². The van der Waals surface area contributed by atoms with Gasteiger partial charge < -0.3 is 15.1 Å². The molecular formula is C12H18N2O2. The zero-order valence-corrected chi connectivity index (χ0v) is 9.53. The molecule has 2 N–H and O–H groups in total. The fraction of sp³-hybridized carbons (Fsp3) is 0.583. The van der Waals surface area contributed by atoms with E-state index in [1.807, 2.05) is 19.1 Å². The molecule has 1 aliphatic rings. The molecule has 1 atom stereocenters. The van der Waals surface area contributed by atoms with Gasteiger partial charge in [0.1, 0.15) is 5.76 Å². The third-order valence-corrected chi connectivity index (χ3v) is 2.83. The highest BCUT2D eigenvalue weighted by Gasteiger charge is 2.20. The lowest BCUT2D eigenvalue weighted by molar-refractivity contribution is -0.122. The number of carbonyl (C=O) groups excluding carboxylic acids is 1. The van der Waals surface area contributed by atoms with E-state index in [0.717, 1.165) is 25.3 Å². The second-order valence-electron chi connectivity index (χ2n) is 4.48. The maximum Gasteiger partial charge on any atom is 0.220 e.